The molecule has 9 heteroatoms. The molecule has 2 aromatic carbocycles. The number of imidazole rings is 1. The summed E-state index contributed by atoms with van der Waals surface area (Å²) in [6.45, 7) is 7.39. The molecule has 4 rings (SSSR count). The first-order valence-corrected chi connectivity index (χ1v) is 12.8. The van der Waals surface area contributed by atoms with Crippen molar-refractivity contribution in [1.82, 2.24) is 20.2 Å². The van der Waals surface area contributed by atoms with E-state index in [1.165, 1.54) is 0 Å². The van der Waals surface area contributed by atoms with Crippen molar-refractivity contribution < 1.29 is 0 Å². The normalized spacial score (nSPS) is 14.5. The molecule has 0 saturated carbocycles. The predicted molar refractivity (Wildman–Crippen MR) is 147 cm³/mol. The van der Waals surface area contributed by atoms with E-state index < -0.39 is 0 Å². The van der Waals surface area contributed by atoms with E-state index in [1.54, 1.807) is 18.3 Å². The summed E-state index contributed by atoms with van der Waals surface area (Å²) in [7, 11) is 0. The summed E-state index contributed by atoms with van der Waals surface area (Å²) in [5.41, 5.74) is 8.87. The maximum atomic E-state index is 6.57. The highest BCUT2D eigenvalue weighted by Gasteiger charge is 2.21. The molecule has 35 heavy (non-hydrogen) atoms. The summed E-state index contributed by atoms with van der Waals surface area (Å²) < 4.78 is 2.00. The fourth-order valence-corrected chi connectivity index (χ4v) is 4.87. The highest BCUT2D eigenvalue weighted by molar-refractivity contribution is 6.39. The van der Waals surface area contributed by atoms with Crippen LogP contribution in [0.3, 0.4) is 0 Å². The number of aromatic nitrogens is 2. The van der Waals surface area contributed by atoms with Crippen LogP contribution in [-0.2, 0) is 13.1 Å². The molecule has 0 unspecified atom stereocenters. The number of benzene rings is 2. The lowest BCUT2D eigenvalue weighted by molar-refractivity contribution is 0.339. The number of nitrogens with two attached hydrogens (primary N) is 1. The number of hydrogen-bond acceptors (Lipinski definition) is 5. The van der Waals surface area contributed by atoms with E-state index >= 15 is 0 Å². The molecule has 0 radical (unpaired) electrons. The molecule has 0 atom stereocenters. The van der Waals surface area contributed by atoms with Gasteiger partial charge in [0.1, 0.15) is 23.2 Å². The van der Waals surface area contributed by atoms with Crippen molar-refractivity contribution in [3.63, 3.8) is 0 Å². The van der Waals surface area contributed by atoms with Crippen molar-refractivity contribution in [2.75, 3.05) is 18.8 Å². The lowest BCUT2D eigenvalue weighted by Crippen LogP contribution is -2.28. The average molecular weight is 532 g/mol. The van der Waals surface area contributed by atoms with E-state index in [1.807, 2.05) is 34.9 Å². The number of nitrogens with zero attached hydrogens (tertiary/aromatic N) is 3. The van der Waals surface area contributed by atoms with Gasteiger partial charge in [0.25, 0.3) is 0 Å². The fourth-order valence-electron chi connectivity index (χ4n) is 4.18. The standard InChI is InChI=1S/C26H29Cl3N6/c1-17(32-15-19-5-7-20(27)8-6-19)33-16-23-25(30)35(14-11-18-9-12-31-13-10-18)26(34-23)24-21(28)3-2-4-22(24)29/h2-8,16,18,31-32H,1,9-15,30H2. The van der Waals surface area contributed by atoms with Gasteiger partial charge in [0.2, 0.25) is 0 Å². The first kappa shape index (κ1) is 25.6. The van der Waals surface area contributed by atoms with Crippen LogP contribution in [0.2, 0.25) is 15.1 Å². The Morgan fingerprint density at radius 1 is 1.14 bits per heavy atom. The summed E-state index contributed by atoms with van der Waals surface area (Å²) in [4.78, 5) is 9.23. The molecule has 4 N–H and O–H groups in total. The maximum Gasteiger partial charge on any atom is 0.145 e. The van der Waals surface area contributed by atoms with Crippen LogP contribution in [0.5, 0.6) is 0 Å². The molecule has 0 bridgehead atoms. The molecule has 0 spiro atoms. The van der Waals surface area contributed by atoms with Crippen molar-refractivity contribution in [3.8, 4) is 11.4 Å². The zero-order valence-corrected chi connectivity index (χ0v) is 21.7. The van der Waals surface area contributed by atoms with Gasteiger partial charge in [-0.2, -0.15) is 0 Å². The Bertz CT molecular complexity index is 1180. The van der Waals surface area contributed by atoms with Gasteiger partial charge in [-0.3, -0.25) is 0 Å². The van der Waals surface area contributed by atoms with E-state index in [2.05, 4.69) is 22.2 Å². The molecule has 0 amide bonds. The molecule has 0 aliphatic carbocycles. The number of nitrogen functional groups attached to an aromatic ring is 1. The molecular formula is C26H29Cl3N6. The molecule has 1 aliphatic rings. The maximum absolute atomic E-state index is 6.57. The molecule has 2 heterocycles. The lowest BCUT2D eigenvalue weighted by Gasteiger charge is -2.23. The molecule has 6 nitrogen and oxygen atoms in total. The van der Waals surface area contributed by atoms with Gasteiger partial charge in [0.05, 0.1) is 21.8 Å². The smallest absolute Gasteiger partial charge is 0.145 e. The second-order valence-electron chi connectivity index (χ2n) is 8.62. The number of rotatable bonds is 9. The lowest BCUT2D eigenvalue weighted by atomic mass is 9.94. The van der Waals surface area contributed by atoms with Crippen LogP contribution in [0.1, 0.15) is 30.5 Å². The van der Waals surface area contributed by atoms with Crippen molar-refractivity contribution in [2.45, 2.75) is 32.4 Å². The first-order chi connectivity index (χ1) is 16.9. The summed E-state index contributed by atoms with van der Waals surface area (Å²) >= 11 is 19.0. The van der Waals surface area contributed by atoms with Crippen molar-refractivity contribution >= 4 is 46.8 Å². The Kier molecular flexibility index (Phi) is 8.74. The van der Waals surface area contributed by atoms with Crippen molar-refractivity contribution in [3.05, 3.63) is 81.2 Å². The minimum Gasteiger partial charge on any atom is -0.383 e. The van der Waals surface area contributed by atoms with Gasteiger partial charge < -0.3 is 20.9 Å². The monoisotopic (exact) mass is 530 g/mol. The number of anilines is 1. The van der Waals surface area contributed by atoms with Gasteiger partial charge in [-0.25, -0.2) is 9.98 Å². The molecule has 184 valence electrons. The molecule has 3 aromatic rings. The number of nitrogens with one attached hydrogen (secondary N) is 2. The average Bonchev–Trinajstić information content (AvgIpc) is 3.16. The predicted octanol–water partition coefficient (Wildman–Crippen LogP) is 6.16. The SMILES string of the molecule is C=C(N=Cc1nc(-c2c(Cl)cccc2Cl)n(CCC2CCNCC2)c1N)NCc1ccc(Cl)cc1. The third-order valence-corrected chi connectivity index (χ3v) is 7.08. The largest absolute Gasteiger partial charge is 0.383 e. The van der Waals surface area contributed by atoms with Gasteiger partial charge in [-0.05, 0) is 68.1 Å². The third-order valence-electron chi connectivity index (χ3n) is 6.19. The highest BCUT2D eigenvalue weighted by Crippen LogP contribution is 2.36. The Balaban J connectivity index is 1.55. The molecule has 1 fully saturated rings. The van der Waals surface area contributed by atoms with Gasteiger partial charge in [0.15, 0.2) is 0 Å². The van der Waals surface area contributed by atoms with E-state index in [0.717, 1.165) is 44.5 Å². The third kappa shape index (κ3) is 6.58. The van der Waals surface area contributed by atoms with Crippen LogP contribution in [-0.4, -0.2) is 28.9 Å². The minimum absolute atomic E-state index is 0.501. The fraction of sp³-hybridized carbons (Fsp3) is 0.308. The van der Waals surface area contributed by atoms with Gasteiger partial charge >= 0.3 is 0 Å². The van der Waals surface area contributed by atoms with Crippen LogP contribution in [0, 0.1) is 5.92 Å². The number of hydrogen-bond donors (Lipinski definition) is 3. The van der Waals surface area contributed by atoms with E-state index in [-0.39, 0.29) is 0 Å². The Hall–Kier alpha value is -2.51. The van der Waals surface area contributed by atoms with Gasteiger partial charge in [0, 0.05) is 18.1 Å². The summed E-state index contributed by atoms with van der Waals surface area (Å²) in [5.74, 6) is 2.31. The molecule has 1 aromatic heterocycles. The van der Waals surface area contributed by atoms with E-state index in [0.29, 0.717) is 56.3 Å². The molecular weight excluding hydrogens is 503 g/mol. The van der Waals surface area contributed by atoms with Gasteiger partial charge in [-0.1, -0.05) is 59.6 Å². The highest BCUT2D eigenvalue weighted by atomic mass is 35.5. The summed E-state index contributed by atoms with van der Waals surface area (Å²) in [5, 5.41) is 8.36. The van der Waals surface area contributed by atoms with E-state index in [4.69, 9.17) is 45.5 Å². The van der Waals surface area contributed by atoms with Crippen molar-refractivity contribution in [1.29, 1.82) is 0 Å². The van der Waals surface area contributed by atoms with Crippen LogP contribution in [0.15, 0.2) is 59.9 Å². The zero-order chi connectivity index (χ0) is 24.8. The number of aliphatic imine (C=N–C) groups is 1. The topological polar surface area (TPSA) is 80.3 Å². The van der Waals surface area contributed by atoms with Crippen LogP contribution in [0.4, 0.5) is 5.82 Å². The Morgan fingerprint density at radius 2 is 1.83 bits per heavy atom. The quantitative estimate of drug-likeness (QED) is 0.289. The van der Waals surface area contributed by atoms with Crippen molar-refractivity contribution in [2.24, 2.45) is 10.9 Å². The first-order valence-electron chi connectivity index (χ1n) is 11.6. The van der Waals surface area contributed by atoms with Gasteiger partial charge in [-0.15, -0.1) is 0 Å². The molecule has 1 aliphatic heterocycles. The molecule has 1 saturated heterocycles. The van der Waals surface area contributed by atoms with Crippen LogP contribution >= 0.6 is 34.8 Å². The second kappa shape index (κ2) is 12.0. The second-order valence-corrected chi connectivity index (χ2v) is 9.87. The number of halogens is 3. The number of piperidine rings is 1. The van der Waals surface area contributed by atoms with Crippen LogP contribution in [0.25, 0.3) is 11.4 Å². The van der Waals surface area contributed by atoms with Crippen LogP contribution < -0.4 is 16.4 Å². The summed E-state index contributed by atoms with van der Waals surface area (Å²) in [6, 6.07) is 13.0. The van der Waals surface area contributed by atoms with E-state index in [9.17, 15) is 0 Å². The Labute approximate surface area is 221 Å². The minimum atomic E-state index is 0.501. The summed E-state index contributed by atoms with van der Waals surface area (Å²) in [6.07, 6.45) is 4.94. The Morgan fingerprint density at radius 3 is 2.51 bits per heavy atom. The zero-order valence-electron chi connectivity index (χ0n) is 19.4.